The summed E-state index contributed by atoms with van der Waals surface area (Å²) in [6.45, 7) is 5.65. The largest absolute Gasteiger partial charge is 0.447 e. The number of carbonyl (C=O) groups is 1. The molecule has 150 valence electrons. The Kier molecular flexibility index (Phi) is 5.29. The lowest BCUT2D eigenvalue weighted by Crippen LogP contribution is -2.61. The molecule has 0 N–H and O–H groups in total. The van der Waals surface area contributed by atoms with Crippen LogP contribution in [0.25, 0.3) is 0 Å². The van der Waals surface area contributed by atoms with Gasteiger partial charge in [-0.2, -0.15) is 5.26 Å². The van der Waals surface area contributed by atoms with Crippen molar-refractivity contribution in [2.45, 2.75) is 30.7 Å². The topological polar surface area (TPSA) is 56.6 Å². The number of rotatable bonds is 6. The SMILES string of the molecule is CCC12COC(=O)N1CCN(CCC(C#N)(c1ccccc1)c1ccccc1)C2. The van der Waals surface area contributed by atoms with Gasteiger partial charge in [-0.15, -0.1) is 0 Å². The second-order valence-electron chi connectivity index (χ2n) is 8.06. The number of cyclic esters (lactones) is 1. The third-order valence-corrected chi connectivity index (χ3v) is 6.60. The molecule has 2 aliphatic rings. The van der Waals surface area contributed by atoms with Crippen molar-refractivity contribution >= 4 is 6.09 Å². The van der Waals surface area contributed by atoms with E-state index in [0.717, 1.165) is 37.2 Å². The summed E-state index contributed by atoms with van der Waals surface area (Å²) in [5.41, 5.74) is 1.12. The van der Waals surface area contributed by atoms with Crippen LogP contribution in [0.5, 0.6) is 0 Å². The van der Waals surface area contributed by atoms with Crippen molar-refractivity contribution in [3.63, 3.8) is 0 Å². The van der Waals surface area contributed by atoms with E-state index in [1.165, 1.54) is 0 Å². The fourth-order valence-corrected chi connectivity index (χ4v) is 4.75. The first-order chi connectivity index (χ1) is 14.1. The Bertz CT molecular complexity index is 854. The normalized spacial score (nSPS) is 22.1. The Hall–Kier alpha value is -2.84. The molecule has 29 heavy (non-hydrogen) atoms. The van der Waals surface area contributed by atoms with E-state index in [9.17, 15) is 10.1 Å². The summed E-state index contributed by atoms with van der Waals surface area (Å²) >= 11 is 0. The second kappa shape index (κ2) is 7.88. The molecule has 0 aromatic heterocycles. The highest BCUT2D eigenvalue weighted by Crippen LogP contribution is 2.37. The van der Waals surface area contributed by atoms with Gasteiger partial charge in [0, 0.05) is 26.2 Å². The number of amides is 1. The minimum atomic E-state index is -0.693. The summed E-state index contributed by atoms with van der Waals surface area (Å²) in [7, 11) is 0. The number of benzene rings is 2. The number of ether oxygens (including phenoxy) is 1. The summed E-state index contributed by atoms with van der Waals surface area (Å²) in [5, 5.41) is 10.4. The van der Waals surface area contributed by atoms with Gasteiger partial charge in [-0.1, -0.05) is 67.6 Å². The van der Waals surface area contributed by atoms with E-state index in [1.54, 1.807) is 0 Å². The van der Waals surface area contributed by atoms with E-state index in [4.69, 9.17) is 4.74 Å². The van der Waals surface area contributed by atoms with Crippen molar-refractivity contribution in [2.75, 3.05) is 32.8 Å². The average molecular weight is 389 g/mol. The number of carbonyl (C=O) groups excluding carboxylic acids is 1. The first kappa shape index (κ1) is 19.5. The maximum absolute atomic E-state index is 12.1. The fraction of sp³-hybridized carbons (Fsp3) is 0.417. The number of hydrogen-bond acceptors (Lipinski definition) is 4. The molecule has 0 saturated carbocycles. The monoisotopic (exact) mass is 389 g/mol. The molecule has 5 heteroatoms. The summed E-state index contributed by atoms with van der Waals surface area (Å²) in [6.07, 6.45) is 1.38. The zero-order valence-electron chi connectivity index (χ0n) is 16.9. The van der Waals surface area contributed by atoms with E-state index in [0.29, 0.717) is 19.6 Å². The van der Waals surface area contributed by atoms with Crippen molar-refractivity contribution in [1.82, 2.24) is 9.80 Å². The van der Waals surface area contributed by atoms with Crippen molar-refractivity contribution in [1.29, 1.82) is 5.26 Å². The van der Waals surface area contributed by atoms with Gasteiger partial charge in [0.2, 0.25) is 0 Å². The number of nitriles is 1. The Morgan fingerprint density at radius 2 is 1.69 bits per heavy atom. The van der Waals surface area contributed by atoms with Crippen LogP contribution in [0.15, 0.2) is 60.7 Å². The number of fused-ring (bicyclic) bond motifs is 1. The standard InChI is InChI=1S/C24H27N3O2/c1-2-23-18-26(15-16-27(23)22(28)29-19-23)14-13-24(17-25,20-9-5-3-6-10-20)21-11-7-4-8-12-21/h3-12H,2,13-16,18-19H2,1H3. The summed E-state index contributed by atoms with van der Waals surface area (Å²) in [5.74, 6) is 0. The molecule has 1 amide bonds. The molecule has 2 fully saturated rings. The van der Waals surface area contributed by atoms with Gasteiger partial charge in [-0.3, -0.25) is 9.80 Å². The first-order valence-electron chi connectivity index (χ1n) is 10.3. The molecule has 2 saturated heterocycles. The molecular formula is C24H27N3O2. The van der Waals surface area contributed by atoms with Crippen LogP contribution in [0.2, 0.25) is 0 Å². The van der Waals surface area contributed by atoms with E-state index in [2.05, 4.69) is 17.9 Å². The van der Waals surface area contributed by atoms with Crippen molar-refractivity contribution in [3.8, 4) is 6.07 Å². The van der Waals surface area contributed by atoms with Gasteiger partial charge in [-0.25, -0.2) is 4.79 Å². The zero-order chi connectivity index (χ0) is 20.3. The van der Waals surface area contributed by atoms with Crippen LogP contribution in [-0.2, 0) is 10.2 Å². The van der Waals surface area contributed by atoms with Crippen LogP contribution in [0.1, 0.15) is 30.9 Å². The minimum absolute atomic E-state index is 0.188. The molecule has 1 atom stereocenters. The average Bonchev–Trinajstić information content (AvgIpc) is 3.12. The van der Waals surface area contributed by atoms with E-state index in [-0.39, 0.29) is 11.6 Å². The molecule has 4 rings (SSSR count). The van der Waals surface area contributed by atoms with Gasteiger partial charge >= 0.3 is 6.09 Å². The van der Waals surface area contributed by atoms with Gasteiger partial charge < -0.3 is 4.74 Å². The van der Waals surface area contributed by atoms with Crippen LogP contribution in [0, 0.1) is 11.3 Å². The molecule has 2 aromatic carbocycles. The highest BCUT2D eigenvalue weighted by atomic mass is 16.6. The number of hydrogen-bond donors (Lipinski definition) is 0. The predicted octanol–water partition coefficient (Wildman–Crippen LogP) is 3.80. The summed E-state index contributed by atoms with van der Waals surface area (Å²) in [6, 6.07) is 22.8. The fourth-order valence-electron chi connectivity index (χ4n) is 4.75. The highest BCUT2D eigenvalue weighted by molar-refractivity contribution is 5.71. The molecule has 2 aliphatic heterocycles. The number of nitrogens with zero attached hydrogens (tertiary/aromatic N) is 3. The molecule has 0 aliphatic carbocycles. The van der Waals surface area contributed by atoms with Crippen molar-refractivity contribution in [2.24, 2.45) is 0 Å². The molecule has 1 unspecified atom stereocenters. The van der Waals surface area contributed by atoms with Crippen LogP contribution >= 0.6 is 0 Å². The third-order valence-electron chi connectivity index (χ3n) is 6.60. The highest BCUT2D eigenvalue weighted by Gasteiger charge is 2.49. The third kappa shape index (κ3) is 3.38. The van der Waals surface area contributed by atoms with E-state index in [1.807, 2.05) is 65.6 Å². The minimum Gasteiger partial charge on any atom is -0.447 e. The molecule has 2 aromatic rings. The second-order valence-corrected chi connectivity index (χ2v) is 8.06. The first-order valence-corrected chi connectivity index (χ1v) is 10.3. The van der Waals surface area contributed by atoms with Gasteiger partial charge in [-0.05, 0) is 24.0 Å². The molecule has 5 nitrogen and oxygen atoms in total. The van der Waals surface area contributed by atoms with Gasteiger partial charge in [0.25, 0.3) is 0 Å². The molecule has 2 heterocycles. The van der Waals surface area contributed by atoms with Gasteiger partial charge in [0.05, 0.1) is 11.6 Å². The summed E-state index contributed by atoms with van der Waals surface area (Å²) < 4.78 is 5.36. The van der Waals surface area contributed by atoms with E-state index >= 15 is 0 Å². The lowest BCUT2D eigenvalue weighted by atomic mass is 9.73. The van der Waals surface area contributed by atoms with Crippen LogP contribution in [0.4, 0.5) is 4.79 Å². The Labute approximate surface area is 172 Å². The quantitative estimate of drug-likeness (QED) is 0.754. The van der Waals surface area contributed by atoms with Crippen LogP contribution in [0.3, 0.4) is 0 Å². The summed E-state index contributed by atoms with van der Waals surface area (Å²) in [4.78, 5) is 16.3. The van der Waals surface area contributed by atoms with Crippen molar-refractivity contribution < 1.29 is 9.53 Å². The Morgan fingerprint density at radius 3 is 2.24 bits per heavy atom. The smallest absolute Gasteiger partial charge is 0.410 e. The lowest BCUT2D eigenvalue weighted by Gasteiger charge is -2.45. The van der Waals surface area contributed by atoms with Crippen molar-refractivity contribution in [3.05, 3.63) is 71.8 Å². The Morgan fingerprint density at radius 1 is 1.07 bits per heavy atom. The number of piperazine rings is 1. The lowest BCUT2D eigenvalue weighted by molar-refractivity contribution is 0.0469. The maximum Gasteiger partial charge on any atom is 0.410 e. The molecule has 0 bridgehead atoms. The van der Waals surface area contributed by atoms with E-state index < -0.39 is 5.41 Å². The molecule has 0 radical (unpaired) electrons. The molecule has 0 spiro atoms. The molecular weight excluding hydrogens is 362 g/mol. The Balaban J connectivity index is 1.58. The van der Waals surface area contributed by atoms with Crippen LogP contribution in [-0.4, -0.2) is 54.2 Å². The maximum atomic E-state index is 12.1. The zero-order valence-corrected chi connectivity index (χ0v) is 16.9. The van der Waals surface area contributed by atoms with Gasteiger partial charge in [0.15, 0.2) is 0 Å². The predicted molar refractivity (Wildman–Crippen MR) is 111 cm³/mol. The van der Waals surface area contributed by atoms with Gasteiger partial charge in [0.1, 0.15) is 12.0 Å². The van der Waals surface area contributed by atoms with Crippen LogP contribution < -0.4 is 0 Å².